The van der Waals surface area contributed by atoms with E-state index in [1.807, 2.05) is 6.92 Å². The smallest absolute Gasteiger partial charge is 0.106 e. The molecule has 1 unspecified atom stereocenters. The largest absolute Gasteiger partial charge is 0.388 e. The standard InChI is InChI=1S/C11H22O3/c1-2-8-14-9-10(12)11(13)6-4-3-5-7-11/h10,12-13H,2-9H2,1H3. The number of aliphatic hydroxyl groups is 2. The van der Waals surface area contributed by atoms with Crippen molar-refractivity contribution < 1.29 is 14.9 Å². The predicted octanol–water partition coefficient (Wildman–Crippen LogP) is 1.47. The van der Waals surface area contributed by atoms with Gasteiger partial charge in [0.15, 0.2) is 0 Å². The Morgan fingerprint density at radius 1 is 1.29 bits per heavy atom. The lowest BCUT2D eigenvalue weighted by Gasteiger charge is -2.36. The summed E-state index contributed by atoms with van der Waals surface area (Å²) in [6.07, 6.45) is 4.86. The van der Waals surface area contributed by atoms with Crippen LogP contribution >= 0.6 is 0 Å². The van der Waals surface area contributed by atoms with E-state index < -0.39 is 11.7 Å². The van der Waals surface area contributed by atoms with E-state index in [0.717, 1.165) is 19.3 Å². The first-order valence-electron chi connectivity index (χ1n) is 5.67. The minimum absolute atomic E-state index is 0.268. The normalized spacial score (nSPS) is 23.4. The fourth-order valence-corrected chi connectivity index (χ4v) is 1.99. The van der Waals surface area contributed by atoms with Gasteiger partial charge in [-0.2, -0.15) is 0 Å². The molecule has 1 aliphatic rings. The summed E-state index contributed by atoms with van der Waals surface area (Å²) in [6, 6.07) is 0. The lowest BCUT2D eigenvalue weighted by molar-refractivity contribution is -0.123. The lowest BCUT2D eigenvalue weighted by atomic mass is 9.81. The van der Waals surface area contributed by atoms with Crippen molar-refractivity contribution in [3.8, 4) is 0 Å². The van der Waals surface area contributed by atoms with Gasteiger partial charge in [0.2, 0.25) is 0 Å². The van der Waals surface area contributed by atoms with Crippen molar-refractivity contribution in [1.29, 1.82) is 0 Å². The van der Waals surface area contributed by atoms with Gasteiger partial charge in [-0.15, -0.1) is 0 Å². The van der Waals surface area contributed by atoms with Crippen LogP contribution in [0.3, 0.4) is 0 Å². The zero-order valence-electron chi connectivity index (χ0n) is 9.04. The van der Waals surface area contributed by atoms with Gasteiger partial charge in [-0.05, 0) is 19.3 Å². The van der Waals surface area contributed by atoms with Crippen molar-refractivity contribution >= 4 is 0 Å². The van der Waals surface area contributed by atoms with Crippen molar-refractivity contribution in [2.45, 2.75) is 57.2 Å². The van der Waals surface area contributed by atoms with Gasteiger partial charge in [-0.1, -0.05) is 26.2 Å². The Balaban J connectivity index is 2.29. The maximum Gasteiger partial charge on any atom is 0.106 e. The molecule has 1 aliphatic carbocycles. The van der Waals surface area contributed by atoms with E-state index in [0.29, 0.717) is 19.4 Å². The Morgan fingerprint density at radius 3 is 2.50 bits per heavy atom. The molecule has 0 bridgehead atoms. The average molecular weight is 202 g/mol. The molecule has 0 aliphatic heterocycles. The van der Waals surface area contributed by atoms with Crippen molar-refractivity contribution in [3.63, 3.8) is 0 Å². The summed E-state index contributed by atoms with van der Waals surface area (Å²) < 4.78 is 5.25. The van der Waals surface area contributed by atoms with Gasteiger partial charge >= 0.3 is 0 Å². The van der Waals surface area contributed by atoms with Crippen LogP contribution in [0.4, 0.5) is 0 Å². The Hall–Kier alpha value is -0.120. The molecule has 3 heteroatoms. The molecule has 0 amide bonds. The van der Waals surface area contributed by atoms with Gasteiger partial charge in [-0.25, -0.2) is 0 Å². The molecule has 0 spiro atoms. The molecular weight excluding hydrogens is 180 g/mol. The van der Waals surface area contributed by atoms with Gasteiger partial charge in [0.05, 0.1) is 12.2 Å². The molecule has 0 aromatic heterocycles. The molecule has 14 heavy (non-hydrogen) atoms. The SMILES string of the molecule is CCCOCC(O)C1(O)CCCCC1. The van der Waals surface area contributed by atoms with E-state index >= 15 is 0 Å². The van der Waals surface area contributed by atoms with E-state index in [2.05, 4.69) is 0 Å². The molecule has 1 atom stereocenters. The first kappa shape index (κ1) is 12.0. The quantitative estimate of drug-likeness (QED) is 0.664. The number of hydrogen-bond donors (Lipinski definition) is 2. The van der Waals surface area contributed by atoms with Crippen LogP contribution in [0.25, 0.3) is 0 Å². The monoisotopic (exact) mass is 202 g/mol. The van der Waals surface area contributed by atoms with Crippen LogP contribution in [-0.2, 0) is 4.74 Å². The van der Waals surface area contributed by atoms with E-state index in [1.54, 1.807) is 0 Å². The summed E-state index contributed by atoms with van der Waals surface area (Å²) in [5, 5.41) is 19.9. The molecular formula is C11H22O3. The predicted molar refractivity (Wildman–Crippen MR) is 55.2 cm³/mol. The first-order chi connectivity index (χ1) is 6.69. The summed E-state index contributed by atoms with van der Waals surface area (Å²) in [6.45, 7) is 2.96. The third-order valence-electron chi connectivity index (χ3n) is 2.96. The number of hydrogen-bond acceptors (Lipinski definition) is 3. The van der Waals surface area contributed by atoms with Crippen LogP contribution in [0.5, 0.6) is 0 Å². The van der Waals surface area contributed by atoms with Gasteiger partial charge in [0, 0.05) is 6.61 Å². The molecule has 1 rings (SSSR count). The molecule has 1 saturated carbocycles. The summed E-state index contributed by atoms with van der Waals surface area (Å²) in [5.74, 6) is 0. The molecule has 0 heterocycles. The van der Waals surface area contributed by atoms with Crippen LogP contribution in [0, 0.1) is 0 Å². The summed E-state index contributed by atoms with van der Waals surface area (Å²) in [5.41, 5.74) is -0.883. The van der Waals surface area contributed by atoms with E-state index in [4.69, 9.17) is 4.74 Å². The highest BCUT2D eigenvalue weighted by atomic mass is 16.5. The first-order valence-corrected chi connectivity index (χ1v) is 5.67. The van der Waals surface area contributed by atoms with Gasteiger partial charge in [0.1, 0.15) is 6.10 Å². The zero-order valence-corrected chi connectivity index (χ0v) is 9.04. The second-order valence-corrected chi connectivity index (χ2v) is 4.25. The van der Waals surface area contributed by atoms with Crippen molar-refractivity contribution in [1.82, 2.24) is 0 Å². The van der Waals surface area contributed by atoms with E-state index in [-0.39, 0.29) is 6.61 Å². The molecule has 0 aromatic rings. The van der Waals surface area contributed by atoms with Gasteiger partial charge in [-0.3, -0.25) is 0 Å². The molecule has 84 valence electrons. The Kier molecular flexibility index (Phi) is 4.85. The zero-order chi connectivity index (χ0) is 10.4. The van der Waals surface area contributed by atoms with Crippen LogP contribution < -0.4 is 0 Å². The highest BCUT2D eigenvalue weighted by Gasteiger charge is 2.36. The third kappa shape index (κ3) is 3.23. The van der Waals surface area contributed by atoms with Crippen molar-refractivity contribution in [2.24, 2.45) is 0 Å². The summed E-state index contributed by atoms with van der Waals surface area (Å²) >= 11 is 0. The molecule has 0 radical (unpaired) electrons. The molecule has 2 N–H and O–H groups in total. The van der Waals surface area contributed by atoms with Crippen LogP contribution in [0.15, 0.2) is 0 Å². The van der Waals surface area contributed by atoms with Crippen LogP contribution in [-0.4, -0.2) is 35.1 Å². The minimum atomic E-state index is -0.883. The lowest BCUT2D eigenvalue weighted by Crippen LogP contribution is -2.46. The van der Waals surface area contributed by atoms with Crippen molar-refractivity contribution in [3.05, 3.63) is 0 Å². The molecule has 0 aromatic carbocycles. The molecule has 0 saturated heterocycles. The van der Waals surface area contributed by atoms with Crippen LogP contribution in [0.2, 0.25) is 0 Å². The number of aliphatic hydroxyl groups excluding tert-OH is 1. The van der Waals surface area contributed by atoms with Crippen molar-refractivity contribution in [2.75, 3.05) is 13.2 Å². The van der Waals surface area contributed by atoms with E-state index in [9.17, 15) is 10.2 Å². The molecule has 1 fully saturated rings. The Bertz CT molecular complexity index is 153. The van der Waals surface area contributed by atoms with Gasteiger partial charge in [0.25, 0.3) is 0 Å². The highest BCUT2D eigenvalue weighted by molar-refractivity contribution is 4.88. The second kappa shape index (κ2) is 5.69. The average Bonchev–Trinajstić information content (AvgIpc) is 2.19. The summed E-state index contributed by atoms with van der Waals surface area (Å²) in [4.78, 5) is 0. The topological polar surface area (TPSA) is 49.7 Å². The Morgan fingerprint density at radius 2 is 1.93 bits per heavy atom. The second-order valence-electron chi connectivity index (χ2n) is 4.25. The molecule has 3 nitrogen and oxygen atoms in total. The van der Waals surface area contributed by atoms with E-state index in [1.165, 1.54) is 6.42 Å². The highest BCUT2D eigenvalue weighted by Crippen LogP contribution is 2.30. The minimum Gasteiger partial charge on any atom is -0.388 e. The van der Waals surface area contributed by atoms with Crippen LogP contribution in [0.1, 0.15) is 45.4 Å². The maximum atomic E-state index is 10.1. The number of rotatable bonds is 5. The maximum absolute atomic E-state index is 10.1. The fourth-order valence-electron chi connectivity index (χ4n) is 1.99. The Labute approximate surface area is 86.1 Å². The number of ether oxygens (including phenoxy) is 1. The fraction of sp³-hybridized carbons (Fsp3) is 1.00. The third-order valence-corrected chi connectivity index (χ3v) is 2.96. The van der Waals surface area contributed by atoms with Gasteiger partial charge < -0.3 is 14.9 Å². The summed E-state index contributed by atoms with van der Waals surface area (Å²) in [7, 11) is 0.